The standard InChI is InChI=1S/C22H18F4N2O4/c1-21(2,20(30)31)28-19(29)15-9-16(23)13-5-3-4-6-14(13)18(15)32-11-12-7-8-17(27-10-12)22(24,25)26/h3-10H,11H2,1-2H3,(H,28,29)(H,30,31). The summed E-state index contributed by atoms with van der Waals surface area (Å²) in [5.74, 6) is -2.95. The molecule has 0 aliphatic rings. The molecule has 0 aliphatic carbocycles. The molecule has 0 spiro atoms. The highest BCUT2D eigenvalue weighted by Gasteiger charge is 2.32. The van der Waals surface area contributed by atoms with E-state index in [0.717, 1.165) is 18.3 Å². The van der Waals surface area contributed by atoms with Crippen molar-refractivity contribution >= 4 is 22.6 Å². The van der Waals surface area contributed by atoms with E-state index in [1.165, 1.54) is 32.0 Å². The van der Waals surface area contributed by atoms with Gasteiger partial charge in [-0.05, 0) is 26.0 Å². The summed E-state index contributed by atoms with van der Waals surface area (Å²) < 4.78 is 58.4. The van der Waals surface area contributed by atoms with Crippen LogP contribution in [0.2, 0.25) is 0 Å². The monoisotopic (exact) mass is 450 g/mol. The molecule has 0 aliphatic heterocycles. The predicted molar refractivity (Wildman–Crippen MR) is 107 cm³/mol. The van der Waals surface area contributed by atoms with Crippen LogP contribution in [-0.4, -0.2) is 27.5 Å². The number of nitrogens with zero attached hydrogens (tertiary/aromatic N) is 1. The first-order valence-corrected chi connectivity index (χ1v) is 9.32. The predicted octanol–water partition coefficient (Wildman–Crippen LogP) is 4.56. The molecule has 2 N–H and O–H groups in total. The fourth-order valence-corrected chi connectivity index (χ4v) is 2.87. The molecular formula is C22H18F4N2O4. The fourth-order valence-electron chi connectivity index (χ4n) is 2.87. The molecule has 32 heavy (non-hydrogen) atoms. The van der Waals surface area contributed by atoms with Gasteiger partial charge in [0.05, 0.1) is 5.56 Å². The zero-order valence-corrected chi connectivity index (χ0v) is 17.0. The summed E-state index contributed by atoms with van der Waals surface area (Å²) in [6.45, 7) is 2.27. The molecule has 0 radical (unpaired) electrons. The van der Waals surface area contributed by atoms with Gasteiger partial charge in [-0.1, -0.05) is 30.3 Å². The Balaban J connectivity index is 1.99. The molecule has 2 aromatic carbocycles. The Morgan fingerprint density at radius 3 is 2.31 bits per heavy atom. The van der Waals surface area contributed by atoms with E-state index >= 15 is 0 Å². The third kappa shape index (κ3) is 4.79. The molecule has 0 bridgehead atoms. The van der Waals surface area contributed by atoms with Crippen LogP contribution in [0.25, 0.3) is 10.8 Å². The zero-order valence-electron chi connectivity index (χ0n) is 17.0. The number of rotatable bonds is 6. The van der Waals surface area contributed by atoms with Crippen LogP contribution in [0.5, 0.6) is 5.75 Å². The van der Waals surface area contributed by atoms with E-state index < -0.39 is 35.1 Å². The van der Waals surface area contributed by atoms with E-state index in [1.807, 2.05) is 0 Å². The van der Waals surface area contributed by atoms with Crippen molar-refractivity contribution in [3.8, 4) is 5.75 Å². The molecule has 1 heterocycles. The normalized spacial score (nSPS) is 11.9. The summed E-state index contributed by atoms with van der Waals surface area (Å²) in [4.78, 5) is 27.5. The minimum Gasteiger partial charge on any atom is -0.487 e. The van der Waals surface area contributed by atoms with Crippen molar-refractivity contribution in [2.24, 2.45) is 0 Å². The second kappa shape index (κ2) is 8.45. The highest BCUT2D eigenvalue weighted by atomic mass is 19.4. The number of halogens is 4. The summed E-state index contributed by atoms with van der Waals surface area (Å²) in [5.41, 5.74) is -2.68. The number of aliphatic carboxylic acids is 1. The number of benzene rings is 2. The second-order valence-corrected chi connectivity index (χ2v) is 7.50. The van der Waals surface area contributed by atoms with Gasteiger partial charge in [0.2, 0.25) is 0 Å². The van der Waals surface area contributed by atoms with Gasteiger partial charge >= 0.3 is 12.1 Å². The lowest BCUT2D eigenvalue weighted by Gasteiger charge is -2.22. The van der Waals surface area contributed by atoms with Crippen LogP contribution in [-0.2, 0) is 17.6 Å². The number of hydrogen-bond donors (Lipinski definition) is 2. The summed E-state index contributed by atoms with van der Waals surface area (Å²) >= 11 is 0. The quantitative estimate of drug-likeness (QED) is 0.538. The number of nitrogens with one attached hydrogen (secondary N) is 1. The van der Waals surface area contributed by atoms with Gasteiger partial charge in [0.15, 0.2) is 0 Å². The van der Waals surface area contributed by atoms with Crippen molar-refractivity contribution < 1.29 is 37.0 Å². The van der Waals surface area contributed by atoms with Crippen LogP contribution in [0.4, 0.5) is 17.6 Å². The summed E-state index contributed by atoms with van der Waals surface area (Å²) in [6.07, 6.45) is -3.60. The summed E-state index contributed by atoms with van der Waals surface area (Å²) in [6, 6.07) is 9.06. The highest BCUT2D eigenvalue weighted by molar-refractivity contribution is 6.05. The van der Waals surface area contributed by atoms with E-state index in [4.69, 9.17) is 4.74 Å². The Morgan fingerprint density at radius 2 is 1.75 bits per heavy atom. The Bertz CT molecular complexity index is 1180. The molecule has 6 nitrogen and oxygen atoms in total. The van der Waals surface area contributed by atoms with E-state index in [9.17, 15) is 32.3 Å². The third-order valence-corrected chi connectivity index (χ3v) is 4.65. The Morgan fingerprint density at radius 1 is 1.09 bits per heavy atom. The number of carbonyl (C=O) groups is 2. The first-order chi connectivity index (χ1) is 14.9. The maximum Gasteiger partial charge on any atom is 0.433 e. The smallest absolute Gasteiger partial charge is 0.433 e. The number of carbonyl (C=O) groups excluding carboxylic acids is 1. The van der Waals surface area contributed by atoms with E-state index in [0.29, 0.717) is 0 Å². The highest BCUT2D eigenvalue weighted by Crippen LogP contribution is 2.33. The number of aromatic nitrogens is 1. The van der Waals surface area contributed by atoms with Crippen molar-refractivity contribution in [1.82, 2.24) is 10.3 Å². The number of pyridine rings is 1. The van der Waals surface area contributed by atoms with Crippen molar-refractivity contribution in [3.63, 3.8) is 0 Å². The Hall–Kier alpha value is -3.69. The number of carboxylic acid groups (broad SMARTS) is 1. The van der Waals surface area contributed by atoms with Crippen molar-refractivity contribution in [2.75, 3.05) is 0 Å². The molecule has 10 heteroatoms. The van der Waals surface area contributed by atoms with Crippen molar-refractivity contribution in [3.05, 3.63) is 71.3 Å². The van der Waals surface area contributed by atoms with E-state index in [1.54, 1.807) is 12.1 Å². The number of carboxylic acids is 1. The molecule has 168 valence electrons. The lowest BCUT2D eigenvalue weighted by atomic mass is 10.0. The van der Waals surface area contributed by atoms with Crippen LogP contribution in [0.15, 0.2) is 48.7 Å². The van der Waals surface area contributed by atoms with E-state index in [2.05, 4.69) is 10.3 Å². The average Bonchev–Trinajstić information content (AvgIpc) is 2.72. The number of alkyl halides is 3. The third-order valence-electron chi connectivity index (χ3n) is 4.65. The minimum absolute atomic E-state index is 0.0411. The first-order valence-electron chi connectivity index (χ1n) is 9.32. The Labute approximate surface area is 179 Å². The van der Waals surface area contributed by atoms with Crippen LogP contribution >= 0.6 is 0 Å². The van der Waals surface area contributed by atoms with Crippen LogP contribution in [0, 0.1) is 5.82 Å². The largest absolute Gasteiger partial charge is 0.487 e. The zero-order chi connectivity index (χ0) is 23.7. The molecule has 0 atom stereocenters. The minimum atomic E-state index is -4.59. The molecule has 1 aromatic heterocycles. The van der Waals surface area contributed by atoms with E-state index in [-0.39, 0.29) is 34.3 Å². The van der Waals surface area contributed by atoms with Crippen molar-refractivity contribution in [2.45, 2.75) is 32.2 Å². The number of amides is 1. The van der Waals surface area contributed by atoms with Crippen LogP contribution in [0.3, 0.4) is 0 Å². The lowest BCUT2D eigenvalue weighted by Crippen LogP contribution is -2.49. The lowest BCUT2D eigenvalue weighted by molar-refractivity contribution is -0.143. The molecule has 3 rings (SSSR count). The maximum atomic E-state index is 14.6. The molecule has 0 saturated carbocycles. The Kier molecular flexibility index (Phi) is 6.07. The molecule has 1 amide bonds. The van der Waals surface area contributed by atoms with Gasteiger partial charge in [0, 0.05) is 22.5 Å². The SMILES string of the molecule is CC(C)(NC(=O)c1cc(F)c2ccccc2c1OCc1ccc(C(F)(F)F)nc1)C(=O)O. The number of fused-ring (bicyclic) bond motifs is 1. The molecule has 0 unspecified atom stereocenters. The molecule has 3 aromatic rings. The topological polar surface area (TPSA) is 88.5 Å². The van der Waals surface area contributed by atoms with Crippen LogP contribution in [0.1, 0.15) is 35.5 Å². The van der Waals surface area contributed by atoms with Gasteiger partial charge in [0.1, 0.15) is 29.4 Å². The molecule has 0 saturated heterocycles. The molecular weight excluding hydrogens is 432 g/mol. The first kappa shape index (κ1) is 23.0. The maximum absolute atomic E-state index is 14.6. The molecule has 0 fully saturated rings. The van der Waals surface area contributed by atoms with Gasteiger partial charge < -0.3 is 15.2 Å². The fraction of sp³-hybridized carbons (Fsp3) is 0.227. The second-order valence-electron chi connectivity index (χ2n) is 7.50. The van der Waals surface area contributed by atoms with Gasteiger partial charge in [-0.15, -0.1) is 0 Å². The number of ether oxygens (including phenoxy) is 1. The van der Waals surface area contributed by atoms with Crippen LogP contribution < -0.4 is 10.1 Å². The average molecular weight is 450 g/mol. The summed E-state index contributed by atoms with van der Waals surface area (Å²) in [5, 5.41) is 12.0. The van der Waals surface area contributed by atoms with Gasteiger partial charge in [0.25, 0.3) is 5.91 Å². The summed E-state index contributed by atoms with van der Waals surface area (Å²) in [7, 11) is 0. The van der Waals surface area contributed by atoms with Gasteiger partial charge in [-0.25, -0.2) is 9.18 Å². The van der Waals surface area contributed by atoms with Gasteiger partial charge in [-0.2, -0.15) is 13.2 Å². The van der Waals surface area contributed by atoms with Crippen molar-refractivity contribution in [1.29, 1.82) is 0 Å². The number of hydrogen-bond acceptors (Lipinski definition) is 4. The van der Waals surface area contributed by atoms with Gasteiger partial charge in [-0.3, -0.25) is 9.78 Å².